The zero-order valence-corrected chi connectivity index (χ0v) is 10.4. The Hall–Kier alpha value is -1.38. The molecule has 2 atom stereocenters. The van der Waals surface area contributed by atoms with Gasteiger partial charge in [-0.15, -0.1) is 0 Å². The molecule has 0 spiro atoms. The Kier molecular flexibility index (Phi) is 3.06. The van der Waals surface area contributed by atoms with Crippen LogP contribution >= 0.6 is 0 Å². The molecule has 0 radical (unpaired) electrons. The number of piperidine rings is 1. The number of hydrogen-bond donors (Lipinski definition) is 0. The number of rotatable bonds is 2. The Morgan fingerprint density at radius 2 is 1.78 bits per heavy atom. The standard InChI is InChI=1S/C15H18FNO/c16-12-6-4-11(5-7-12)13-10-14(13)15(18)17-8-2-1-3-9-17/h4-7,13-14H,1-3,8-10H2. The van der Waals surface area contributed by atoms with Crippen LogP contribution in [0.4, 0.5) is 4.39 Å². The fourth-order valence-corrected chi connectivity index (χ4v) is 2.90. The van der Waals surface area contributed by atoms with E-state index >= 15 is 0 Å². The Labute approximate surface area is 107 Å². The maximum absolute atomic E-state index is 12.8. The van der Waals surface area contributed by atoms with Crippen molar-refractivity contribution in [2.45, 2.75) is 31.6 Å². The van der Waals surface area contributed by atoms with E-state index < -0.39 is 0 Å². The minimum absolute atomic E-state index is 0.147. The van der Waals surface area contributed by atoms with Crippen molar-refractivity contribution in [2.24, 2.45) is 5.92 Å². The van der Waals surface area contributed by atoms with Crippen LogP contribution in [0, 0.1) is 11.7 Å². The Morgan fingerprint density at radius 3 is 2.44 bits per heavy atom. The fourth-order valence-electron chi connectivity index (χ4n) is 2.90. The van der Waals surface area contributed by atoms with Gasteiger partial charge in [0.1, 0.15) is 5.82 Å². The molecule has 2 nitrogen and oxygen atoms in total. The van der Waals surface area contributed by atoms with E-state index in [0.29, 0.717) is 11.8 Å². The normalized spacial score (nSPS) is 27.1. The lowest BCUT2D eigenvalue weighted by Gasteiger charge is -2.26. The van der Waals surface area contributed by atoms with Crippen LogP contribution in [0.25, 0.3) is 0 Å². The summed E-state index contributed by atoms with van der Waals surface area (Å²) >= 11 is 0. The molecule has 3 rings (SSSR count). The second kappa shape index (κ2) is 4.71. The molecule has 0 N–H and O–H groups in total. The van der Waals surface area contributed by atoms with E-state index in [1.54, 1.807) is 0 Å². The van der Waals surface area contributed by atoms with Crippen molar-refractivity contribution < 1.29 is 9.18 Å². The van der Waals surface area contributed by atoms with Crippen molar-refractivity contribution >= 4 is 5.91 Å². The summed E-state index contributed by atoms with van der Waals surface area (Å²) in [6.07, 6.45) is 4.45. The van der Waals surface area contributed by atoms with Crippen LogP contribution < -0.4 is 0 Å². The Balaban J connectivity index is 1.63. The molecule has 1 aliphatic carbocycles. The summed E-state index contributed by atoms with van der Waals surface area (Å²) in [5, 5.41) is 0. The van der Waals surface area contributed by atoms with Crippen molar-refractivity contribution in [1.82, 2.24) is 4.90 Å². The lowest BCUT2D eigenvalue weighted by atomic mass is 10.1. The van der Waals surface area contributed by atoms with Crippen LogP contribution in [0.1, 0.15) is 37.2 Å². The Bertz CT molecular complexity index is 436. The van der Waals surface area contributed by atoms with Crippen LogP contribution in [0.15, 0.2) is 24.3 Å². The van der Waals surface area contributed by atoms with Gasteiger partial charge in [0.05, 0.1) is 0 Å². The number of nitrogens with zero attached hydrogens (tertiary/aromatic N) is 1. The molecule has 2 fully saturated rings. The van der Waals surface area contributed by atoms with Crippen molar-refractivity contribution in [3.05, 3.63) is 35.6 Å². The predicted molar refractivity (Wildman–Crippen MR) is 67.7 cm³/mol. The highest BCUT2D eigenvalue weighted by atomic mass is 19.1. The first-order chi connectivity index (χ1) is 8.75. The summed E-state index contributed by atoms with van der Waals surface area (Å²) < 4.78 is 12.8. The molecule has 2 unspecified atom stereocenters. The highest BCUT2D eigenvalue weighted by Gasteiger charge is 2.45. The van der Waals surface area contributed by atoms with E-state index in [1.165, 1.54) is 18.6 Å². The van der Waals surface area contributed by atoms with Crippen LogP contribution in [0.2, 0.25) is 0 Å². The zero-order valence-electron chi connectivity index (χ0n) is 10.4. The van der Waals surface area contributed by atoms with E-state index in [-0.39, 0.29) is 11.7 Å². The van der Waals surface area contributed by atoms with E-state index in [0.717, 1.165) is 37.9 Å². The molecular formula is C15H18FNO. The van der Waals surface area contributed by atoms with Gasteiger partial charge in [0.25, 0.3) is 0 Å². The zero-order chi connectivity index (χ0) is 12.5. The van der Waals surface area contributed by atoms with E-state index in [4.69, 9.17) is 0 Å². The molecule has 1 aromatic rings. The van der Waals surface area contributed by atoms with E-state index in [2.05, 4.69) is 0 Å². The minimum atomic E-state index is -0.210. The van der Waals surface area contributed by atoms with Gasteiger partial charge in [0, 0.05) is 19.0 Å². The smallest absolute Gasteiger partial charge is 0.226 e. The molecule has 1 heterocycles. The molecule has 1 aromatic carbocycles. The van der Waals surface area contributed by atoms with Gasteiger partial charge in [-0.3, -0.25) is 4.79 Å². The molecule has 0 aromatic heterocycles. The molecule has 18 heavy (non-hydrogen) atoms. The van der Waals surface area contributed by atoms with Crippen LogP contribution in [-0.2, 0) is 4.79 Å². The second-order valence-corrected chi connectivity index (χ2v) is 5.39. The van der Waals surface area contributed by atoms with Crippen molar-refractivity contribution in [1.29, 1.82) is 0 Å². The molecule has 0 bridgehead atoms. The van der Waals surface area contributed by atoms with Crippen molar-refractivity contribution in [3.63, 3.8) is 0 Å². The van der Waals surface area contributed by atoms with Crippen molar-refractivity contribution in [3.8, 4) is 0 Å². The maximum atomic E-state index is 12.8. The summed E-state index contributed by atoms with van der Waals surface area (Å²) in [7, 11) is 0. The highest BCUT2D eigenvalue weighted by molar-refractivity contribution is 5.83. The number of carbonyl (C=O) groups excluding carboxylic acids is 1. The first-order valence-corrected chi connectivity index (χ1v) is 6.80. The highest BCUT2D eigenvalue weighted by Crippen LogP contribution is 2.48. The third-order valence-corrected chi connectivity index (χ3v) is 4.07. The first-order valence-electron chi connectivity index (χ1n) is 6.80. The van der Waals surface area contributed by atoms with Gasteiger partial charge in [-0.1, -0.05) is 12.1 Å². The van der Waals surface area contributed by atoms with Gasteiger partial charge < -0.3 is 4.90 Å². The quantitative estimate of drug-likeness (QED) is 0.787. The minimum Gasteiger partial charge on any atom is -0.342 e. The SMILES string of the molecule is O=C(C1CC1c1ccc(F)cc1)N1CCCCC1. The molecule has 1 aliphatic heterocycles. The third kappa shape index (κ3) is 2.26. The number of hydrogen-bond acceptors (Lipinski definition) is 1. The molecule has 2 aliphatic rings. The summed E-state index contributed by atoms with van der Waals surface area (Å²) in [4.78, 5) is 14.3. The average molecular weight is 247 g/mol. The molecule has 3 heteroatoms. The van der Waals surface area contributed by atoms with E-state index in [9.17, 15) is 9.18 Å². The number of halogens is 1. The largest absolute Gasteiger partial charge is 0.342 e. The number of amides is 1. The first kappa shape index (κ1) is 11.7. The van der Waals surface area contributed by atoms with Gasteiger partial charge in [-0.05, 0) is 49.3 Å². The van der Waals surface area contributed by atoms with Gasteiger partial charge in [0.15, 0.2) is 0 Å². The van der Waals surface area contributed by atoms with Gasteiger partial charge >= 0.3 is 0 Å². The van der Waals surface area contributed by atoms with Gasteiger partial charge in [0.2, 0.25) is 5.91 Å². The summed E-state index contributed by atoms with van der Waals surface area (Å²) in [5.41, 5.74) is 1.10. The number of carbonyl (C=O) groups is 1. The predicted octanol–water partition coefficient (Wildman–Crippen LogP) is 2.94. The third-order valence-electron chi connectivity index (χ3n) is 4.07. The van der Waals surface area contributed by atoms with Crippen LogP contribution in [0.3, 0.4) is 0 Å². The van der Waals surface area contributed by atoms with Gasteiger partial charge in [-0.2, -0.15) is 0 Å². The molecule has 1 saturated carbocycles. The molecule has 1 saturated heterocycles. The van der Waals surface area contributed by atoms with Crippen LogP contribution in [-0.4, -0.2) is 23.9 Å². The number of benzene rings is 1. The molecule has 1 amide bonds. The molecular weight excluding hydrogens is 229 g/mol. The topological polar surface area (TPSA) is 20.3 Å². The summed E-state index contributed by atoms with van der Waals surface area (Å²) in [6.45, 7) is 1.84. The summed E-state index contributed by atoms with van der Waals surface area (Å²) in [6, 6.07) is 6.58. The van der Waals surface area contributed by atoms with Gasteiger partial charge in [-0.25, -0.2) is 4.39 Å². The maximum Gasteiger partial charge on any atom is 0.226 e. The number of likely N-dealkylation sites (tertiary alicyclic amines) is 1. The average Bonchev–Trinajstić information content (AvgIpc) is 3.20. The summed E-state index contributed by atoms with van der Waals surface area (Å²) in [5.74, 6) is 0.566. The van der Waals surface area contributed by atoms with E-state index in [1.807, 2.05) is 17.0 Å². The fraction of sp³-hybridized carbons (Fsp3) is 0.533. The molecule has 96 valence electrons. The van der Waals surface area contributed by atoms with Crippen molar-refractivity contribution in [2.75, 3.05) is 13.1 Å². The lowest BCUT2D eigenvalue weighted by Crippen LogP contribution is -2.36. The lowest BCUT2D eigenvalue weighted by molar-refractivity contribution is -0.133. The van der Waals surface area contributed by atoms with Crippen LogP contribution in [0.5, 0.6) is 0 Å². The Morgan fingerprint density at radius 1 is 1.11 bits per heavy atom. The second-order valence-electron chi connectivity index (χ2n) is 5.39. The monoisotopic (exact) mass is 247 g/mol.